The van der Waals surface area contributed by atoms with Crippen LogP contribution in [0.2, 0.25) is 0 Å². The van der Waals surface area contributed by atoms with Crippen LogP contribution in [0.5, 0.6) is 34.5 Å². The maximum Gasteiger partial charge on any atom is 0.122 e. The third kappa shape index (κ3) is 6.03. The third-order valence-electron chi connectivity index (χ3n) is 8.75. The second kappa shape index (κ2) is 11.3. The molecule has 0 unspecified atom stereocenters. The molecule has 1 aliphatic rings. The van der Waals surface area contributed by atoms with Crippen LogP contribution in [0.25, 0.3) is 0 Å². The Morgan fingerprint density at radius 2 is 0.614 bits per heavy atom. The van der Waals surface area contributed by atoms with Gasteiger partial charge in [0.1, 0.15) is 34.5 Å². The standard InChI is InChI=1S/C38H44O6/c1-37(2,3)29-13-21-9-25-17-31(43-7)19-27(35(25)41)11-23-15-30(38(4,5)6)16-24(34(23)40)12-28-20-32(44-8)18-26(36(28)42)10-22(14-29)33(21)39/h13-20,39-42H,9-12H2,1-8H3. The van der Waals surface area contributed by atoms with E-state index in [9.17, 15) is 20.4 Å². The Labute approximate surface area is 260 Å². The number of ether oxygens (including phenoxy) is 2. The van der Waals surface area contributed by atoms with E-state index in [0.29, 0.717) is 56.0 Å². The summed E-state index contributed by atoms with van der Waals surface area (Å²) in [5.41, 5.74) is 6.71. The zero-order valence-corrected chi connectivity index (χ0v) is 27.1. The first kappa shape index (κ1) is 31.1. The molecule has 6 heteroatoms. The molecule has 44 heavy (non-hydrogen) atoms. The van der Waals surface area contributed by atoms with Crippen molar-refractivity contribution in [2.75, 3.05) is 14.2 Å². The molecule has 4 N–H and O–H groups in total. The maximum atomic E-state index is 11.6. The van der Waals surface area contributed by atoms with Gasteiger partial charge in [0.05, 0.1) is 14.2 Å². The molecule has 0 saturated carbocycles. The van der Waals surface area contributed by atoms with Gasteiger partial charge in [0.25, 0.3) is 0 Å². The average Bonchev–Trinajstić information content (AvgIpc) is 2.94. The van der Waals surface area contributed by atoms with Crippen LogP contribution in [-0.2, 0) is 36.5 Å². The van der Waals surface area contributed by atoms with Gasteiger partial charge in [0.2, 0.25) is 0 Å². The highest BCUT2D eigenvalue weighted by atomic mass is 16.5. The summed E-state index contributed by atoms with van der Waals surface area (Å²) in [6.45, 7) is 12.7. The first-order valence-electron chi connectivity index (χ1n) is 15.1. The number of methoxy groups -OCH3 is 2. The molecule has 1 aliphatic carbocycles. The van der Waals surface area contributed by atoms with Gasteiger partial charge >= 0.3 is 0 Å². The monoisotopic (exact) mass is 596 g/mol. The van der Waals surface area contributed by atoms with Gasteiger partial charge in [-0.3, -0.25) is 0 Å². The molecular formula is C38H44O6. The third-order valence-corrected chi connectivity index (χ3v) is 8.75. The smallest absolute Gasteiger partial charge is 0.122 e. The van der Waals surface area contributed by atoms with E-state index in [2.05, 4.69) is 41.5 Å². The molecule has 5 rings (SSSR count). The van der Waals surface area contributed by atoms with Gasteiger partial charge in [0, 0.05) is 47.9 Å². The Kier molecular flexibility index (Phi) is 8.00. The Bertz CT molecular complexity index is 1510. The lowest BCUT2D eigenvalue weighted by Crippen LogP contribution is -2.13. The number of aromatic hydroxyl groups is 4. The predicted octanol–water partition coefficient (Wildman–Crippen LogP) is 7.80. The molecule has 4 aromatic carbocycles. The van der Waals surface area contributed by atoms with Crippen LogP contribution in [0.15, 0.2) is 48.5 Å². The molecular weight excluding hydrogens is 552 g/mol. The second-order valence-corrected chi connectivity index (χ2v) is 14.1. The number of rotatable bonds is 2. The minimum atomic E-state index is -0.216. The molecule has 0 heterocycles. The number of hydrogen-bond acceptors (Lipinski definition) is 6. The lowest BCUT2D eigenvalue weighted by molar-refractivity contribution is 0.408. The number of hydrogen-bond donors (Lipinski definition) is 4. The van der Waals surface area contributed by atoms with E-state index in [-0.39, 0.29) is 59.5 Å². The fourth-order valence-corrected chi connectivity index (χ4v) is 5.98. The average molecular weight is 597 g/mol. The van der Waals surface area contributed by atoms with Crippen molar-refractivity contribution < 1.29 is 29.9 Å². The largest absolute Gasteiger partial charge is 0.507 e. The fourth-order valence-electron chi connectivity index (χ4n) is 5.98. The highest BCUT2D eigenvalue weighted by molar-refractivity contribution is 5.59. The fraction of sp³-hybridized carbons (Fsp3) is 0.368. The van der Waals surface area contributed by atoms with Gasteiger partial charge in [-0.2, -0.15) is 0 Å². The highest BCUT2D eigenvalue weighted by Gasteiger charge is 2.25. The van der Waals surface area contributed by atoms with Gasteiger partial charge in [0.15, 0.2) is 0 Å². The molecule has 0 aromatic heterocycles. The van der Waals surface area contributed by atoms with Crippen LogP contribution in [0.4, 0.5) is 0 Å². The Hall–Kier alpha value is -4.32. The van der Waals surface area contributed by atoms with Crippen molar-refractivity contribution in [3.63, 3.8) is 0 Å². The lowest BCUT2D eigenvalue weighted by atomic mass is 9.81. The van der Waals surface area contributed by atoms with Crippen LogP contribution in [0.3, 0.4) is 0 Å². The molecule has 0 radical (unpaired) electrons. The van der Waals surface area contributed by atoms with Crippen molar-refractivity contribution in [1.82, 2.24) is 0 Å². The second-order valence-electron chi connectivity index (χ2n) is 14.1. The van der Waals surface area contributed by atoms with E-state index in [0.717, 1.165) is 11.1 Å². The summed E-state index contributed by atoms with van der Waals surface area (Å²) < 4.78 is 11.3. The van der Waals surface area contributed by atoms with Crippen LogP contribution in [0.1, 0.15) is 97.2 Å². The number of phenols is 4. The van der Waals surface area contributed by atoms with E-state index in [1.807, 2.05) is 24.3 Å². The summed E-state index contributed by atoms with van der Waals surface area (Å²) in [7, 11) is 3.18. The zero-order valence-electron chi connectivity index (χ0n) is 27.1. The quantitative estimate of drug-likeness (QED) is 0.166. The first-order valence-corrected chi connectivity index (χ1v) is 15.1. The molecule has 0 saturated heterocycles. The van der Waals surface area contributed by atoms with Crippen molar-refractivity contribution in [2.24, 2.45) is 0 Å². The molecule has 0 amide bonds. The summed E-state index contributed by atoms with van der Waals surface area (Å²) >= 11 is 0. The summed E-state index contributed by atoms with van der Waals surface area (Å²) in [4.78, 5) is 0. The molecule has 0 aliphatic heterocycles. The molecule has 0 fully saturated rings. The van der Waals surface area contributed by atoms with Crippen molar-refractivity contribution in [3.05, 3.63) is 104 Å². The summed E-state index contributed by atoms with van der Waals surface area (Å²) in [6.07, 6.45) is 1.03. The van der Waals surface area contributed by atoms with E-state index >= 15 is 0 Å². The first-order chi connectivity index (χ1) is 20.6. The van der Waals surface area contributed by atoms with Gasteiger partial charge < -0.3 is 29.9 Å². The van der Waals surface area contributed by atoms with E-state index in [1.54, 1.807) is 38.5 Å². The molecule has 4 aromatic rings. The van der Waals surface area contributed by atoms with Gasteiger partial charge in [-0.25, -0.2) is 0 Å². The summed E-state index contributed by atoms with van der Waals surface area (Å²) in [5.74, 6) is 1.62. The van der Waals surface area contributed by atoms with Crippen molar-refractivity contribution in [2.45, 2.75) is 78.1 Å². The Balaban J connectivity index is 1.84. The minimum Gasteiger partial charge on any atom is -0.507 e. The van der Waals surface area contributed by atoms with Crippen LogP contribution < -0.4 is 9.47 Å². The summed E-state index contributed by atoms with van der Waals surface area (Å²) in [6, 6.07) is 15.1. The van der Waals surface area contributed by atoms with E-state index in [4.69, 9.17) is 9.47 Å². The van der Waals surface area contributed by atoms with E-state index in [1.165, 1.54) is 0 Å². The SMILES string of the molecule is COc1cc2c(O)c(c1)Cc1cc(C(C)(C)C)cc(c1O)Cc1cc(OC)cc(c1O)Cc1cc(C(C)(C)C)cc(c1O)C2. The topological polar surface area (TPSA) is 99.4 Å². The van der Waals surface area contributed by atoms with Crippen LogP contribution in [0, 0.1) is 0 Å². The van der Waals surface area contributed by atoms with E-state index < -0.39 is 0 Å². The van der Waals surface area contributed by atoms with Crippen molar-refractivity contribution in [1.29, 1.82) is 0 Å². The molecule has 0 atom stereocenters. The van der Waals surface area contributed by atoms with Gasteiger partial charge in [-0.1, -0.05) is 65.8 Å². The van der Waals surface area contributed by atoms with Crippen LogP contribution >= 0.6 is 0 Å². The zero-order chi connectivity index (χ0) is 32.1. The number of benzene rings is 4. The highest BCUT2D eigenvalue weighted by Crippen LogP contribution is 2.42. The Morgan fingerprint density at radius 3 is 0.795 bits per heavy atom. The number of fused-ring (bicyclic) bond motifs is 8. The van der Waals surface area contributed by atoms with Crippen molar-refractivity contribution in [3.8, 4) is 34.5 Å². The van der Waals surface area contributed by atoms with Gasteiger partial charge in [-0.05, 0) is 68.5 Å². The van der Waals surface area contributed by atoms with Gasteiger partial charge in [-0.15, -0.1) is 0 Å². The molecule has 0 spiro atoms. The predicted molar refractivity (Wildman–Crippen MR) is 174 cm³/mol. The molecule has 8 bridgehead atoms. The summed E-state index contributed by atoms with van der Waals surface area (Å²) in [5, 5.41) is 46.5. The minimum absolute atomic E-state index is 0.106. The normalized spacial score (nSPS) is 13.5. The maximum absolute atomic E-state index is 11.6. The molecule has 6 nitrogen and oxygen atoms in total. The lowest BCUT2D eigenvalue weighted by Gasteiger charge is -2.25. The van der Waals surface area contributed by atoms with Crippen LogP contribution in [-0.4, -0.2) is 34.6 Å². The number of phenolic OH excluding ortho intramolecular Hbond substituents is 4. The van der Waals surface area contributed by atoms with Crippen molar-refractivity contribution >= 4 is 0 Å². The Morgan fingerprint density at radius 1 is 0.409 bits per heavy atom. The molecule has 232 valence electrons.